The van der Waals surface area contributed by atoms with E-state index in [1.165, 1.54) is 19.3 Å². The molecule has 1 atom stereocenters. The lowest BCUT2D eigenvalue weighted by Gasteiger charge is -2.25. The van der Waals surface area contributed by atoms with Crippen LogP contribution >= 0.6 is 0 Å². The highest BCUT2D eigenvalue weighted by molar-refractivity contribution is 7.91. The summed E-state index contributed by atoms with van der Waals surface area (Å²) in [5.74, 6) is 0.925. The van der Waals surface area contributed by atoms with Crippen molar-refractivity contribution in [3.63, 3.8) is 0 Å². The molecule has 1 saturated carbocycles. The largest absolute Gasteiger partial charge is 0.369 e. The highest BCUT2D eigenvalue weighted by Gasteiger charge is 2.30. The maximum absolute atomic E-state index is 12.0. The number of aromatic nitrogens is 1. The van der Waals surface area contributed by atoms with Gasteiger partial charge in [-0.15, -0.1) is 0 Å². The Morgan fingerprint density at radius 1 is 1.20 bits per heavy atom. The molecule has 2 N–H and O–H groups in total. The summed E-state index contributed by atoms with van der Waals surface area (Å²) in [6.07, 6.45) is 7.97. The van der Waals surface area contributed by atoms with E-state index in [0.29, 0.717) is 12.2 Å². The van der Waals surface area contributed by atoms with Crippen molar-refractivity contribution in [3.05, 3.63) is 18.3 Å². The van der Waals surface area contributed by atoms with Crippen LogP contribution < -0.4 is 15.5 Å². The number of nitrogens with one attached hydrogen (secondary N) is 2. The zero-order valence-electron chi connectivity index (χ0n) is 14.6. The number of carbonyl (C=O) groups excluding carboxylic acids is 1. The maximum atomic E-state index is 12.0. The van der Waals surface area contributed by atoms with Gasteiger partial charge in [0.2, 0.25) is 0 Å². The number of hydrogen-bond acceptors (Lipinski definition) is 5. The summed E-state index contributed by atoms with van der Waals surface area (Å²) in [6, 6.07) is 3.62. The van der Waals surface area contributed by atoms with E-state index >= 15 is 0 Å². The molecule has 1 unspecified atom stereocenters. The predicted octanol–water partition coefficient (Wildman–Crippen LogP) is 2.16. The predicted molar refractivity (Wildman–Crippen MR) is 98.7 cm³/mol. The van der Waals surface area contributed by atoms with Crippen molar-refractivity contribution in [3.8, 4) is 0 Å². The molecule has 2 aliphatic rings. The standard InChI is InChI=1S/C17H26N4O3S/c1-21(15-9-10-25(23,24)12-15)14-7-8-16(18-11-14)20-17(22)19-13-5-3-2-4-6-13/h7-8,11,13,15H,2-6,9-10,12H2,1H3,(H2,18,19,20,22). The van der Waals surface area contributed by atoms with Crippen LogP contribution in [0, 0.1) is 0 Å². The average Bonchev–Trinajstić information content (AvgIpc) is 2.96. The molecule has 7 nitrogen and oxygen atoms in total. The van der Waals surface area contributed by atoms with E-state index in [9.17, 15) is 13.2 Å². The molecule has 0 aromatic carbocycles. The first-order valence-corrected chi connectivity index (χ1v) is 10.7. The molecule has 0 bridgehead atoms. The van der Waals surface area contributed by atoms with Crippen molar-refractivity contribution in [2.75, 3.05) is 28.8 Å². The lowest BCUT2D eigenvalue weighted by atomic mass is 9.96. The van der Waals surface area contributed by atoms with Crippen LogP contribution in [0.2, 0.25) is 0 Å². The SMILES string of the molecule is CN(c1ccc(NC(=O)NC2CCCCC2)nc1)C1CCS(=O)(=O)C1. The summed E-state index contributed by atoms with van der Waals surface area (Å²) in [4.78, 5) is 18.3. The van der Waals surface area contributed by atoms with Crippen LogP contribution in [0.15, 0.2) is 18.3 Å². The molecule has 0 spiro atoms. The zero-order chi connectivity index (χ0) is 17.9. The van der Waals surface area contributed by atoms with Crippen LogP contribution in [0.3, 0.4) is 0 Å². The fraction of sp³-hybridized carbons (Fsp3) is 0.647. The number of sulfone groups is 1. The van der Waals surface area contributed by atoms with Crippen molar-refractivity contribution in [2.24, 2.45) is 0 Å². The molecule has 2 fully saturated rings. The second kappa shape index (κ2) is 7.59. The highest BCUT2D eigenvalue weighted by Crippen LogP contribution is 2.23. The van der Waals surface area contributed by atoms with Gasteiger partial charge in [0.25, 0.3) is 0 Å². The topological polar surface area (TPSA) is 91.4 Å². The fourth-order valence-electron chi connectivity index (χ4n) is 3.55. The van der Waals surface area contributed by atoms with E-state index in [1.807, 2.05) is 18.0 Å². The van der Waals surface area contributed by atoms with Gasteiger partial charge in [0.1, 0.15) is 5.82 Å². The Hall–Kier alpha value is -1.83. The third kappa shape index (κ3) is 4.84. The monoisotopic (exact) mass is 366 g/mol. The number of pyridine rings is 1. The lowest BCUT2D eigenvalue weighted by Crippen LogP contribution is -2.39. The second-order valence-corrected chi connectivity index (χ2v) is 9.23. The average molecular weight is 366 g/mol. The maximum Gasteiger partial charge on any atom is 0.320 e. The minimum Gasteiger partial charge on any atom is -0.369 e. The summed E-state index contributed by atoms with van der Waals surface area (Å²) in [7, 11) is -1.03. The highest BCUT2D eigenvalue weighted by atomic mass is 32.2. The van der Waals surface area contributed by atoms with Crippen LogP contribution in [0.25, 0.3) is 0 Å². The van der Waals surface area contributed by atoms with E-state index in [2.05, 4.69) is 15.6 Å². The molecule has 1 aromatic rings. The summed E-state index contributed by atoms with van der Waals surface area (Å²) in [5, 5.41) is 5.75. The first-order valence-electron chi connectivity index (χ1n) is 8.90. The van der Waals surface area contributed by atoms with E-state index in [1.54, 1.807) is 12.3 Å². The first-order chi connectivity index (χ1) is 11.9. The lowest BCUT2D eigenvalue weighted by molar-refractivity contribution is 0.244. The molecule has 3 rings (SSSR count). The van der Waals surface area contributed by atoms with E-state index < -0.39 is 9.84 Å². The van der Waals surface area contributed by atoms with Crippen LogP contribution in [-0.2, 0) is 9.84 Å². The van der Waals surface area contributed by atoms with Gasteiger partial charge in [-0.25, -0.2) is 18.2 Å². The van der Waals surface area contributed by atoms with Gasteiger partial charge in [-0.1, -0.05) is 19.3 Å². The van der Waals surface area contributed by atoms with Gasteiger partial charge >= 0.3 is 6.03 Å². The number of amides is 2. The summed E-state index contributed by atoms with van der Waals surface area (Å²) >= 11 is 0. The van der Waals surface area contributed by atoms with Crippen molar-refractivity contribution >= 4 is 27.4 Å². The second-order valence-electron chi connectivity index (χ2n) is 7.00. The Bertz CT molecular complexity index is 699. The number of carbonyl (C=O) groups is 1. The molecule has 2 amide bonds. The van der Waals surface area contributed by atoms with Gasteiger partial charge in [0.05, 0.1) is 23.4 Å². The summed E-state index contributed by atoms with van der Waals surface area (Å²) in [6.45, 7) is 0. The third-order valence-corrected chi connectivity index (χ3v) is 6.84. The summed E-state index contributed by atoms with van der Waals surface area (Å²) < 4.78 is 23.2. The normalized spacial score (nSPS) is 23.2. The van der Waals surface area contributed by atoms with Gasteiger partial charge in [-0.05, 0) is 31.4 Å². The smallest absolute Gasteiger partial charge is 0.320 e. The van der Waals surface area contributed by atoms with E-state index in [0.717, 1.165) is 18.5 Å². The Morgan fingerprint density at radius 2 is 1.96 bits per heavy atom. The molecule has 2 heterocycles. The van der Waals surface area contributed by atoms with E-state index in [-0.39, 0.29) is 29.6 Å². The number of nitrogens with zero attached hydrogens (tertiary/aromatic N) is 2. The van der Waals surface area contributed by atoms with Crippen molar-refractivity contribution in [1.82, 2.24) is 10.3 Å². The fourth-order valence-corrected chi connectivity index (χ4v) is 5.32. The van der Waals surface area contributed by atoms with Gasteiger partial charge in [0.15, 0.2) is 9.84 Å². The zero-order valence-corrected chi connectivity index (χ0v) is 15.4. The van der Waals surface area contributed by atoms with E-state index in [4.69, 9.17) is 0 Å². The Morgan fingerprint density at radius 3 is 2.56 bits per heavy atom. The molecule has 1 aliphatic heterocycles. The van der Waals surface area contributed by atoms with Crippen LogP contribution in [0.4, 0.5) is 16.3 Å². The van der Waals surface area contributed by atoms with Gasteiger partial charge < -0.3 is 10.2 Å². The van der Waals surface area contributed by atoms with Crippen LogP contribution in [0.5, 0.6) is 0 Å². The Balaban J connectivity index is 1.54. The van der Waals surface area contributed by atoms with Gasteiger partial charge in [0, 0.05) is 19.1 Å². The third-order valence-electron chi connectivity index (χ3n) is 5.09. The number of anilines is 2. The number of rotatable bonds is 4. The molecule has 138 valence electrons. The molecule has 0 radical (unpaired) electrons. The van der Waals surface area contributed by atoms with Crippen molar-refractivity contribution in [1.29, 1.82) is 0 Å². The molecular weight excluding hydrogens is 340 g/mol. The van der Waals surface area contributed by atoms with Crippen molar-refractivity contribution in [2.45, 2.75) is 50.6 Å². The minimum atomic E-state index is -2.91. The quantitative estimate of drug-likeness (QED) is 0.852. The first kappa shape index (κ1) is 18.0. The van der Waals surface area contributed by atoms with Crippen LogP contribution in [0.1, 0.15) is 38.5 Å². The molecule has 8 heteroatoms. The van der Waals surface area contributed by atoms with Gasteiger partial charge in [-0.3, -0.25) is 5.32 Å². The summed E-state index contributed by atoms with van der Waals surface area (Å²) in [5.41, 5.74) is 0.848. The Kier molecular flexibility index (Phi) is 5.46. The van der Waals surface area contributed by atoms with Crippen LogP contribution in [-0.4, -0.2) is 50.1 Å². The minimum absolute atomic E-state index is 0.0137. The molecule has 1 saturated heterocycles. The number of urea groups is 1. The molecular formula is C17H26N4O3S. The molecule has 1 aromatic heterocycles. The Labute approximate surface area is 149 Å². The molecule has 25 heavy (non-hydrogen) atoms. The van der Waals surface area contributed by atoms with Crippen molar-refractivity contribution < 1.29 is 13.2 Å². The van der Waals surface area contributed by atoms with Gasteiger partial charge in [-0.2, -0.15) is 0 Å². The molecule has 1 aliphatic carbocycles. The number of hydrogen-bond donors (Lipinski definition) is 2.